The standard InChI is InChI=1S/C23H27N3O3S/c1-29-20-8-9-21-18(15-20)14-19(22(28)25-21)16-26(12-5-13-27)23(30)24-11-10-17-6-3-2-4-7-17/h2-4,6-9,14-15,27H,5,10-13,16H2,1H3,(H,24,30)(H,25,28). The molecule has 1 aromatic heterocycles. The number of rotatable bonds is 9. The number of nitrogens with one attached hydrogen (secondary N) is 2. The summed E-state index contributed by atoms with van der Waals surface area (Å²) in [7, 11) is 1.62. The fourth-order valence-electron chi connectivity index (χ4n) is 3.26. The second-order valence-corrected chi connectivity index (χ2v) is 7.43. The minimum Gasteiger partial charge on any atom is -0.497 e. The first-order chi connectivity index (χ1) is 14.6. The predicted molar refractivity (Wildman–Crippen MR) is 124 cm³/mol. The van der Waals surface area contributed by atoms with Crippen molar-refractivity contribution in [3.63, 3.8) is 0 Å². The second kappa shape index (κ2) is 10.8. The van der Waals surface area contributed by atoms with Crippen molar-refractivity contribution < 1.29 is 9.84 Å². The zero-order valence-corrected chi connectivity index (χ0v) is 17.9. The molecule has 3 N–H and O–H groups in total. The lowest BCUT2D eigenvalue weighted by molar-refractivity contribution is 0.264. The van der Waals surface area contributed by atoms with E-state index in [9.17, 15) is 9.90 Å². The summed E-state index contributed by atoms with van der Waals surface area (Å²) in [4.78, 5) is 17.4. The van der Waals surface area contributed by atoms with Crippen LogP contribution in [0.3, 0.4) is 0 Å². The lowest BCUT2D eigenvalue weighted by Crippen LogP contribution is -2.41. The summed E-state index contributed by atoms with van der Waals surface area (Å²) >= 11 is 5.58. The largest absolute Gasteiger partial charge is 0.497 e. The number of aliphatic hydroxyl groups excluding tert-OH is 1. The monoisotopic (exact) mass is 425 g/mol. The minimum absolute atomic E-state index is 0.0639. The number of thiocarbonyl (C=S) groups is 1. The van der Waals surface area contributed by atoms with E-state index in [1.807, 2.05) is 47.4 Å². The molecule has 3 rings (SSSR count). The summed E-state index contributed by atoms with van der Waals surface area (Å²) in [6, 6.07) is 17.6. The van der Waals surface area contributed by atoms with E-state index in [1.165, 1.54) is 5.56 Å². The van der Waals surface area contributed by atoms with E-state index in [0.29, 0.717) is 36.7 Å². The Morgan fingerprint density at radius 1 is 1.20 bits per heavy atom. The maximum Gasteiger partial charge on any atom is 0.253 e. The van der Waals surface area contributed by atoms with E-state index >= 15 is 0 Å². The van der Waals surface area contributed by atoms with Crippen molar-refractivity contribution >= 4 is 28.2 Å². The molecule has 7 heteroatoms. The van der Waals surface area contributed by atoms with Gasteiger partial charge >= 0.3 is 0 Å². The molecule has 0 bridgehead atoms. The molecular weight excluding hydrogens is 398 g/mol. The number of fused-ring (bicyclic) bond motifs is 1. The van der Waals surface area contributed by atoms with E-state index in [1.54, 1.807) is 7.11 Å². The third-order valence-electron chi connectivity index (χ3n) is 4.90. The third-order valence-corrected chi connectivity index (χ3v) is 5.30. The summed E-state index contributed by atoms with van der Waals surface area (Å²) in [5.41, 5.74) is 2.46. The Labute approximate surface area is 181 Å². The Hall–Kier alpha value is -2.90. The molecule has 0 unspecified atom stereocenters. The Morgan fingerprint density at radius 2 is 2.00 bits per heavy atom. The highest BCUT2D eigenvalue weighted by Gasteiger charge is 2.13. The second-order valence-electron chi connectivity index (χ2n) is 7.04. The van der Waals surface area contributed by atoms with Gasteiger partial charge in [0, 0.05) is 36.2 Å². The molecule has 0 atom stereocenters. The zero-order valence-electron chi connectivity index (χ0n) is 17.1. The van der Waals surface area contributed by atoms with Crippen LogP contribution in [-0.4, -0.2) is 46.9 Å². The van der Waals surface area contributed by atoms with Crippen LogP contribution in [0.25, 0.3) is 10.9 Å². The van der Waals surface area contributed by atoms with Crippen LogP contribution in [0.4, 0.5) is 0 Å². The van der Waals surface area contributed by atoms with Gasteiger partial charge in [-0.15, -0.1) is 0 Å². The van der Waals surface area contributed by atoms with E-state index in [0.717, 1.165) is 23.1 Å². The predicted octanol–water partition coefficient (Wildman–Crippen LogP) is 2.84. The van der Waals surface area contributed by atoms with Gasteiger partial charge in [-0.3, -0.25) is 4.79 Å². The van der Waals surface area contributed by atoms with Crippen molar-refractivity contribution in [1.29, 1.82) is 0 Å². The lowest BCUT2D eigenvalue weighted by Gasteiger charge is -2.25. The van der Waals surface area contributed by atoms with E-state index in [-0.39, 0.29) is 12.2 Å². The summed E-state index contributed by atoms with van der Waals surface area (Å²) in [5, 5.41) is 14.0. The Balaban J connectivity index is 1.72. The minimum atomic E-state index is -0.145. The van der Waals surface area contributed by atoms with Gasteiger partial charge in [0.1, 0.15) is 5.75 Å². The van der Waals surface area contributed by atoms with Gasteiger partial charge < -0.3 is 25.0 Å². The summed E-state index contributed by atoms with van der Waals surface area (Å²) in [5.74, 6) is 0.732. The molecule has 0 radical (unpaired) electrons. The maximum absolute atomic E-state index is 12.6. The van der Waals surface area contributed by atoms with Crippen molar-refractivity contribution in [1.82, 2.24) is 15.2 Å². The topological polar surface area (TPSA) is 77.6 Å². The number of aromatic amines is 1. The van der Waals surface area contributed by atoms with Crippen LogP contribution >= 0.6 is 12.2 Å². The van der Waals surface area contributed by atoms with E-state index in [2.05, 4.69) is 22.4 Å². The highest BCUT2D eigenvalue weighted by atomic mass is 32.1. The highest BCUT2D eigenvalue weighted by Crippen LogP contribution is 2.19. The molecule has 1 heterocycles. The molecule has 6 nitrogen and oxygen atoms in total. The number of aromatic nitrogens is 1. The molecule has 2 aromatic carbocycles. The molecule has 0 aliphatic heterocycles. The average molecular weight is 426 g/mol. The summed E-state index contributed by atoms with van der Waals surface area (Å²) in [6.45, 7) is 1.68. The van der Waals surface area contributed by atoms with Crippen molar-refractivity contribution in [2.24, 2.45) is 0 Å². The normalized spacial score (nSPS) is 10.7. The number of hydrogen-bond acceptors (Lipinski definition) is 4. The Morgan fingerprint density at radius 3 is 2.73 bits per heavy atom. The number of nitrogens with zero attached hydrogens (tertiary/aromatic N) is 1. The van der Waals surface area contributed by atoms with Crippen molar-refractivity contribution in [3.05, 3.63) is 76.1 Å². The first kappa shape index (κ1) is 21.8. The van der Waals surface area contributed by atoms with Crippen molar-refractivity contribution in [3.8, 4) is 5.75 Å². The van der Waals surface area contributed by atoms with Gasteiger partial charge in [0.2, 0.25) is 0 Å². The van der Waals surface area contributed by atoms with E-state index < -0.39 is 0 Å². The van der Waals surface area contributed by atoms with Gasteiger partial charge in [0.15, 0.2) is 5.11 Å². The zero-order chi connectivity index (χ0) is 21.3. The van der Waals surface area contributed by atoms with Crippen LogP contribution in [0, 0.1) is 0 Å². The first-order valence-electron chi connectivity index (χ1n) is 9.98. The maximum atomic E-state index is 12.6. The Bertz CT molecular complexity index is 1040. The summed E-state index contributed by atoms with van der Waals surface area (Å²) in [6.07, 6.45) is 1.42. The van der Waals surface area contributed by atoms with Gasteiger partial charge in [-0.2, -0.15) is 0 Å². The molecule has 0 saturated carbocycles. The third kappa shape index (κ3) is 5.81. The number of pyridine rings is 1. The van der Waals surface area contributed by atoms with E-state index in [4.69, 9.17) is 17.0 Å². The highest BCUT2D eigenvalue weighted by molar-refractivity contribution is 7.80. The van der Waals surface area contributed by atoms with Crippen LogP contribution < -0.4 is 15.6 Å². The number of H-pyrrole nitrogens is 1. The van der Waals surface area contributed by atoms with Gasteiger partial charge in [-0.1, -0.05) is 30.3 Å². The average Bonchev–Trinajstić information content (AvgIpc) is 2.77. The molecule has 0 amide bonds. The number of methoxy groups -OCH3 is 1. The molecule has 0 saturated heterocycles. The lowest BCUT2D eigenvalue weighted by atomic mass is 10.1. The molecule has 0 aliphatic rings. The molecule has 3 aromatic rings. The van der Waals surface area contributed by atoms with Gasteiger partial charge in [-0.05, 0) is 54.9 Å². The number of ether oxygens (including phenoxy) is 1. The SMILES string of the molecule is COc1ccc2[nH]c(=O)c(CN(CCCO)C(=S)NCCc3ccccc3)cc2c1. The van der Waals surface area contributed by atoms with Gasteiger partial charge in [0.05, 0.1) is 13.7 Å². The van der Waals surface area contributed by atoms with Crippen LogP contribution in [0.5, 0.6) is 5.75 Å². The van der Waals surface area contributed by atoms with Crippen LogP contribution in [0.2, 0.25) is 0 Å². The van der Waals surface area contributed by atoms with Crippen LogP contribution in [0.1, 0.15) is 17.5 Å². The molecular formula is C23H27N3O3S. The van der Waals surface area contributed by atoms with Crippen LogP contribution in [0.15, 0.2) is 59.4 Å². The number of hydrogen-bond donors (Lipinski definition) is 3. The Kier molecular flexibility index (Phi) is 7.82. The fourth-order valence-corrected chi connectivity index (χ4v) is 3.52. The van der Waals surface area contributed by atoms with Gasteiger partial charge in [0.25, 0.3) is 5.56 Å². The molecule has 30 heavy (non-hydrogen) atoms. The van der Waals surface area contributed by atoms with Crippen molar-refractivity contribution in [2.45, 2.75) is 19.4 Å². The molecule has 0 spiro atoms. The quantitative estimate of drug-likeness (QED) is 0.458. The first-order valence-corrected chi connectivity index (χ1v) is 10.4. The summed E-state index contributed by atoms with van der Waals surface area (Å²) < 4.78 is 5.28. The smallest absolute Gasteiger partial charge is 0.253 e. The fraction of sp³-hybridized carbons (Fsp3) is 0.304. The molecule has 0 aliphatic carbocycles. The number of aliphatic hydroxyl groups is 1. The molecule has 158 valence electrons. The van der Waals surface area contributed by atoms with Gasteiger partial charge in [-0.25, -0.2) is 0 Å². The van der Waals surface area contributed by atoms with Crippen LogP contribution in [-0.2, 0) is 13.0 Å². The molecule has 0 fully saturated rings. The number of benzene rings is 2. The van der Waals surface area contributed by atoms with Crippen molar-refractivity contribution in [2.75, 3.05) is 26.8 Å².